The van der Waals surface area contributed by atoms with Crippen molar-refractivity contribution in [1.29, 1.82) is 0 Å². The Morgan fingerprint density at radius 3 is 2.70 bits per heavy atom. The third kappa shape index (κ3) is 3.20. The maximum Gasteiger partial charge on any atom is 0.329 e. The minimum absolute atomic E-state index is 0.0846. The van der Waals surface area contributed by atoms with Crippen LogP contribution in [-0.2, 0) is 0 Å². The van der Waals surface area contributed by atoms with E-state index in [9.17, 15) is 14.5 Å². The van der Waals surface area contributed by atoms with E-state index in [0.29, 0.717) is 0 Å². The van der Waals surface area contributed by atoms with E-state index in [-0.39, 0.29) is 35.2 Å². The number of anilines is 2. The number of halogens is 1. The van der Waals surface area contributed by atoms with E-state index in [1.165, 1.54) is 12.1 Å². The maximum absolute atomic E-state index is 13.1. The zero-order chi connectivity index (χ0) is 16.4. The van der Waals surface area contributed by atoms with Crippen molar-refractivity contribution < 1.29 is 9.31 Å². The van der Waals surface area contributed by atoms with Gasteiger partial charge in [-0.2, -0.15) is 4.98 Å². The van der Waals surface area contributed by atoms with Crippen LogP contribution < -0.4 is 11.1 Å². The van der Waals surface area contributed by atoms with Crippen LogP contribution in [0, 0.1) is 15.9 Å². The van der Waals surface area contributed by atoms with Gasteiger partial charge in [0.05, 0.1) is 4.92 Å². The second kappa shape index (κ2) is 6.15. The van der Waals surface area contributed by atoms with Crippen LogP contribution in [0.1, 0.15) is 30.7 Å². The molecule has 8 heteroatoms. The number of hydrogen-bond donors (Lipinski definition) is 2. The summed E-state index contributed by atoms with van der Waals surface area (Å²) in [6, 6.07) is 6.55. The maximum atomic E-state index is 13.1. The first-order chi connectivity index (χ1) is 11.0. The number of nitrogens with two attached hydrogens (primary N) is 1. The predicted molar refractivity (Wildman–Crippen MR) is 83.5 cm³/mol. The van der Waals surface area contributed by atoms with Gasteiger partial charge >= 0.3 is 5.69 Å². The standard InChI is InChI=1S/C15H16FN5O2/c16-10-6-4-9(5-7-10)11-2-1-3-12(11)19-15-18-8-13(21(22)23)14(17)20-15/h4-8,11-12H,1-3H2,(H3,17,18,19,20). The molecule has 0 radical (unpaired) electrons. The topological polar surface area (TPSA) is 107 Å². The van der Waals surface area contributed by atoms with Gasteiger partial charge in [-0.1, -0.05) is 18.6 Å². The number of rotatable bonds is 4. The Balaban J connectivity index is 1.77. The molecule has 120 valence electrons. The van der Waals surface area contributed by atoms with Crippen molar-refractivity contribution in [2.45, 2.75) is 31.2 Å². The molecule has 1 saturated carbocycles. The SMILES string of the molecule is Nc1nc(NC2CCCC2c2ccc(F)cc2)ncc1[N+](=O)[O-]. The highest BCUT2D eigenvalue weighted by atomic mass is 19.1. The predicted octanol–water partition coefficient (Wildman–Crippen LogP) is 2.85. The molecule has 3 rings (SSSR count). The van der Waals surface area contributed by atoms with Gasteiger partial charge in [-0.05, 0) is 30.5 Å². The minimum atomic E-state index is -0.615. The molecule has 0 aliphatic heterocycles. The molecular weight excluding hydrogens is 301 g/mol. The summed E-state index contributed by atoms with van der Waals surface area (Å²) in [4.78, 5) is 18.0. The summed E-state index contributed by atoms with van der Waals surface area (Å²) < 4.78 is 13.1. The van der Waals surface area contributed by atoms with Crippen molar-refractivity contribution in [2.24, 2.45) is 0 Å². The van der Waals surface area contributed by atoms with Gasteiger partial charge in [0.1, 0.15) is 12.0 Å². The Bertz CT molecular complexity index is 722. The molecule has 0 bridgehead atoms. The molecule has 1 fully saturated rings. The lowest BCUT2D eigenvalue weighted by Gasteiger charge is -2.21. The summed E-state index contributed by atoms with van der Waals surface area (Å²) in [5.74, 6) is 0.0642. The Hall–Kier alpha value is -2.77. The molecule has 0 spiro atoms. The molecule has 1 aliphatic carbocycles. The van der Waals surface area contributed by atoms with E-state index in [1.807, 2.05) is 0 Å². The molecule has 0 amide bonds. The van der Waals surface area contributed by atoms with Gasteiger partial charge in [0.15, 0.2) is 0 Å². The highest BCUT2D eigenvalue weighted by molar-refractivity contribution is 5.53. The third-order valence-electron chi connectivity index (χ3n) is 4.12. The van der Waals surface area contributed by atoms with Crippen LogP contribution in [0.4, 0.5) is 21.8 Å². The van der Waals surface area contributed by atoms with Gasteiger partial charge in [0, 0.05) is 12.0 Å². The third-order valence-corrected chi connectivity index (χ3v) is 4.12. The van der Waals surface area contributed by atoms with Crippen molar-refractivity contribution in [2.75, 3.05) is 11.1 Å². The first-order valence-corrected chi connectivity index (χ1v) is 7.33. The highest BCUT2D eigenvalue weighted by Gasteiger charge is 2.29. The number of hydrogen-bond acceptors (Lipinski definition) is 6. The van der Waals surface area contributed by atoms with Crippen LogP contribution in [0.25, 0.3) is 0 Å². The van der Waals surface area contributed by atoms with Gasteiger partial charge in [-0.25, -0.2) is 9.37 Å². The number of nitrogens with zero attached hydrogens (tertiary/aromatic N) is 3. The fourth-order valence-electron chi connectivity index (χ4n) is 3.01. The van der Waals surface area contributed by atoms with E-state index < -0.39 is 4.92 Å². The average Bonchev–Trinajstić information content (AvgIpc) is 2.96. The minimum Gasteiger partial charge on any atom is -0.378 e. The first kappa shape index (κ1) is 15.1. The average molecular weight is 317 g/mol. The van der Waals surface area contributed by atoms with Crippen molar-refractivity contribution in [3.63, 3.8) is 0 Å². The highest BCUT2D eigenvalue weighted by Crippen LogP contribution is 2.36. The first-order valence-electron chi connectivity index (χ1n) is 7.33. The summed E-state index contributed by atoms with van der Waals surface area (Å²) in [6.45, 7) is 0. The van der Waals surface area contributed by atoms with Crippen LogP contribution in [-0.4, -0.2) is 20.9 Å². The number of nitrogen functional groups attached to an aromatic ring is 1. The molecule has 1 aliphatic rings. The molecule has 0 saturated heterocycles. The molecule has 2 atom stereocenters. The Labute approximate surface area is 131 Å². The van der Waals surface area contributed by atoms with Gasteiger partial charge in [-0.3, -0.25) is 10.1 Å². The van der Waals surface area contributed by atoms with Crippen LogP contribution in [0.3, 0.4) is 0 Å². The van der Waals surface area contributed by atoms with E-state index in [0.717, 1.165) is 31.0 Å². The lowest BCUT2D eigenvalue weighted by molar-refractivity contribution is -0.384. The van der Waals surface area contributed by atoms with Gasteiger partial charge < -0.3 is 11.1 Å². The summed E-state index contributed by atoms with van der Waals surface area (Å²) in [5.41, 5.74) is 6.33. The summed E-state index contributed by atoms with van der Waals surface area (Å²) >= 11 is 0. The van der Waals surface area contributed by atoms with Crippen molar-refractivity contribution >= 4 is 17.5 Å². The summed E-state index contributed by atoms with van der Waals surface area (Å²) in [6.07, 6.45) is 4.03. The van der Waals surface area contributed by atoms with Crippen molar-refractivity contribution in [1.82, 2.24) is 9.97 Å². The number of nitrogens with one attached hydrogen (secondary N) is 1. The molecule has 1 aromatic heterocycles. The Morgan fingerprint density at radius 2 is 2.04 bits per heavy atom. The largest absolute Gasteiger partial charge is 0.378 e. The second-order valence-electron chi connectivity index (χ2n) is 5.56. The Morgan fingerprint density at radius 1 is 1.30 bits per heavy atom. The zero-order valence-corrected chi connectivity index (χ0v) is 12.3. The van der Waals surface area contributed by atoms with Crippen molar-refractivity contribution in [3.8, 4) is 0 Å². The smallest absolute Gasteiger partial charge is 0.329 e. The van der Waals surface area contributed by atoms with Crippen LogP contribution >= 0.6 is 0 Å². The quantitative estimate of drug-likeness (QED) is 0.663. The normalized spacial score (nSPS) is 20.4. The Kier molecular flexibility index (Phi) is 4.05. The van der Waals surface area contributed by atoms with E-state index >= 15 is 0 Å². The second-order valence-corrected chi connectivity index (χ2v) is 5.56. The van der Waals surface area contributed by atoms with E-state index in [4.69, 9.17) is 5.73 Å². The fraction of sp³-hybridized carbons (Fsp3) is 0.333. The van der Waals surface area contributed by atoms with Crippen LogP contribution in [0.2, 0.25) is 0 Å². The molecule has 2 aromatic rings. The number of benzene rings is 1. The molecule has 1 aromatic carbocycles. The molecular formula is C15H16FN5O2. The molecule has 3 N–H and O–H groups in total. The lowest BCUT2D eigenvalue weighted by Crippen LogP contribution is -2.24. The van der Waals surface area contributed by atoms with Crippen LogP contribution in [0.15, 0.2) is 30.5 Å². The zero-order valence-electron chi connectivity index (χ0n) is 12.3. The fourth-order valence-corrected chi connectivity index (χ4v) is 3.01. The van der Waals surface area contributed by atoms with E-state index in [1.54, 1.807) is 12.1 Å². The lowest BCUT2D eigenvalue weighted by atomic mass is 9.94. The van der Waals surface area contributed by atoms with Crippen molar-refractivity contribution in [3.05, 3.63) is 52.0 Å². The summed E-state index contributed by atoms with van der Waals surface area (Å²) in [5, 5.41) is 13.9. The van der Waals surface area contributed by atoms with Gasteiger partial charge in [0.2, 0.25) is 11.8 Å². The molecule has 23 heavy (non-hydrogen) atoms. The van der Waals surface area contributed by atoms with Gasteiger partial charge in [0.25, 0.3) is 0 Å². The summed E-state index contributed by atoms with van der Waals surface area (Å²) in [7, 11) is 0. The van der Waals surface area contributed by atoms with Gasteiger partial charge in [-0.15, -0.1) is 0 Å². The number of aromatic nitrogens is 2. The van der Waals surface area contributed by atoms with E-state index in [2.05, 4.69) is 15.3 Å². The monoisotopic (exact) mass is 317 g/mol. The molecule has 7 nitrogen and oxygen atoms in total. The number of nitro groups is 1. The molecule has 2 unspecified atom stereocenters. The molecule has 1 heterocycles. The van der Waals surface area contributed by atoms with Crippen LogP contribution in [0.5, 0.6) is 0 Å².